The van der Waals surface area contributed by atoms with Gasteiger partial charge in [0.15, 0.2) is 23.4 Å². The number of Topliss-reactive ketones (excluding diaryl/α,β-unsaturated/α-hetero) is 1. The highest BCUT2D eigenvalue weighted by Gasteiger charge is 2.21. The molecular weight excluding hydrogens is 402 g/mol. The van der Waals surface area contributed by atoms with Crippen LogP contribution in [0.3, 0.4) is 0 Å². The lowest BCUT2D eigenvalue weighted by Gasteiger charge is -2.19. The molecule has 1 N–H and O–H groups in total. The molecule has 0 saturated heterocycles. The van der Waals surface area contributed by atoms with Crippen LogP contribution in [0.15, 0.2) is 36.4 Å². The van der Waals surface area contributed by atoms with Gasteiger partial charge in [-0.3, -0.25) is 14.4 Å². The van der Waals surface area contributed by atoms with E-state index in [1.165, 1.54) is 14.0 Å². The van der Waals surface area contributed by atoms with Gasteiger partial charge in [-0.1, -0.05) is 11.6 Å². The van der Waals surface area contributed by atoms with E-state index in [0.29, 0.717) is 41.7 Å². The number of hydrogen-bond acceptors (Lipinski definition) is 7. The topological polar surface area (TPSA) is 100 Å². The molecule has 1 aliphatic heterocycles. The Balaban J connectivity index is 1.50. The van der Waals surface area contributed by atoms with Crippen molar-refractivity contribution in [2.75, 3.05) is 25.6 Å². The molecule has 2 aromatic carbocycles. The summed E-state index contributed by atoms with van der Waals surface area (Å²) in [6, 6.07) is 10.3. The summed E-state index contributed by atoms with van der Waals surface area (Å²) in [6.45, 7) is 4.25. The summed E-state index contributed by atoms with van der Waals surface area (Å²) in [6.07, 6.45) is -1.21. The summed E-state index contributed by atoms with van der Waals surface area (Å²) in [5.74, 6) is 0.251. The van der Waals surface area contributed by atoms with Gasteiger partial charge < -0.3 is 24.3 Å². The average molecular weight is 427 g/mol. The number of fused-ring (bicyclic) bond motifs is 1. The van der Waals surface area contributed by atoms with Crippen LogP contribution in [0.1, 0.15) is 35.7 Å². The number of benzene rings is 2. The first-order valence-electron chi connectivity index (χ1n) is 9.95. The standard InChI is InChI=1S/C23H25NO7/c1-14-4-7-19(28-3)17(12-14)18(25)6-9-22(26)31-15(2)23(27)24-16-5-8-20-21(13-16)30-11-10-29-20/h4-5,7-8,12-13,15H,6,9-11H2,1-3H3,(H,24,27). The lowest BCUT2D eigenvalue weighted by Crippen LogP contribution is -2.30. The molecule has 1 amide bonds. The van der Waals surface area contributed by atoms with Crippen LogP contribution in [0.5, 0.6) is 17.2 Å². The number of ether oxygens (including phenoxy) is 4. The Morgan fingerprint density at radius 1 is 1.03 bits per heavy atom. The summed E-state index contributed by atoms with van der Waals surface area (Å²) >= 11 is 0. The summed E-state index contributed by atoms with van der Waals surface area (Å²) in [7, 11) is 1.48. The van der Waals surface area contributed by atoms with Crippen LogP contribution in [0.4, 0.5) is 5.69 Å². The smallest absolute Gasteiger partial charge is 0.307 e. The van der Waals surface area contributed by atoms with E-state index in [2.05, 4.69) is 5.32 Å². The van der Waals surface area contributed by atoms with E-state index < -0.39 is 18.0 Å². The number of carbonyl (C=O) groups excluding carboxylic acids is 3. The van der Waals surface area contributed by atoms with Crippen molar-refractivity contribution in [3.63, 3.8) is 0 Å². The van der Waals surface area contributed by atoms with E-state index in [1.54, 1.807) is 30.3 Å². The van der Waals surface area contributed by atoms with Crippen molar-refractivity contribution < 1.29 is 33.3 Å². The second kappa shape index (κ2) is 9.97. The number of hydrogen-bond donors (Lipinski definition) is 1. The Kier molecular flexibility index (Phi) is 7.12. The Hall–Kier alpha value is -3.55. The van der Waals surface area contributed by atoms with Crippen molar-refractivity contribution in [1.29, 1.82) is 0 Å². The number of rotatable bonds is 8. The van der Waals surface area contributed by atoms with Crippen molar-refractivity contribution in [3.8, 4) is 17.2 Å². The zero-order chi connectivity index (χ0) is 22.4. The molecule has 0 aliphatic carbocycles. The second-order valence-electron chi connectivity index (χ2n) is 7.11. The van der Waals surface area contributed by atoms with Gasteiger partial charge in [-0.25, -0.2) is 0 Å². The molecular formula is C23H25NO7. The Morgan fingerprint density at radius 2 is 1.77 bits per heavy atom. The Bertz CT molecular complexity index is 986. The van der Waals surface area contributed by atoms with Gasteiger partial charge in [-0.05, 0) is 38.1 Å². The van der Waals surface area contributed by atoms with Crippen molar-refractivity contribution in [2.45, 2.75) is 32.8 Å². The van der Waals surface area contributed by atoms with Crippen LogP contribution in [0.2, 0.25) is 0 Å². The van der Waals surface area contributed by atoms with Crippen LogP contribution in [-0.4, -0.2) is 44.1 Å². The number of nitrogens with one attached hydrogen (secondary N) is 1. The molecule has 0 spiro atoms. The molecule has 0 bridgehead atoms. The molecule has 31 heavy (non-hydrogen) atoms. The van der Waals surface area contributed by atoms with Gasteiger partial charge in [-0.15, -0.1) is 0 Å². The van der Waals surface area contributed by atoms with Gasteiger partial charge in [0, 0.05) is 18.2 Å². The molecule has 8 heteroatoms. The molecule has 2 aromatic rings. The first-order chi connectivity index (χ1) is 14.9. The first-order valence-corrected chi connectivity index (χ1v) is 9.95. The summed E-state index contributed by atoms with van der Waals surface area (Å²) in [5.41, 5.74) is 1.83. The normalized spacial score (nSPS) is 13.1. The highest BCUT2D eigenvalue weighted by Crippen LogP contribution is 2.32. The van der Waals surface area contributed by atoms with Crippen molar-refractivity contribution in [3.05, 3.63) is 47.5 Å². The van der Waals surface area contributed by atoms with Gasteiger partial charge in [0.1, 0.15) is 19.0 Å². The predicted molar refractivity (Wildman–Crippen MR) is 113 cm³/mol. The van der Waals surface area contributed by atoms with E-state index in [4.69, 9.17) is 18.9 Å². The fourth-order valence-electron chi connectivity index (χ4n) is 3.06. The molecule has 1 atom stereocenters. The number of ketones is 1. The lowest BCUT2D eigenvalue weighted by atomic mass is 10.0. The molecule has 3 rings (SSSR count). The van der Waals surface area contributed by atoms with Crippen LogP contribution < -0.4 is 19.5 Å². The minimum Gasteiger partial charge on any atom is -0.496 e. The first kappa shape index (κ1) is 22.1. The SMILES string of the molecule is COc1ccc(C)cc1C(=O)CCC(=O)OC(C)C(=O)Nc1ccc2c(c1)OCCO2. The third-order valence-electron chi connectivity index (χ3n) is 4.70. The van der Waals surface area contributed by atoms with Gasteiger partial charge >= 0.3 is 5.97 Å². The third-order valence-corrected chi connectivity index (χ3v) is 4.70. The summed E-state index contributed by atoms with van der Waals surface area (Å²) in [5, 5.41) is 2.67. The number of esters is 1. The summed E-state index contributed by atoms with van der Waals surface area (Å²) < 4.78 is 21.3. The fraction of sp³-hybridized carbons (Fsp3) is 0.348. The van der Waals surface area contributed by atoms with Crippen LogP contribution >= 0.6 is 0 Å². The molecule has 0 aromatic heterocycles. The highest BCUT2D eigenvalue weighted by atomic mass is 16.6. The molecule has 0 fully saturated rings. The monoisotopic (exact) mass is 427 g/mol. The molecule has 1 aliphatic rings. The minimum absolute atomic E-state index is 0.0465. The molecule has 0 saturated carbocycles. The van der Waals surface area contributed by atoms with Gasteiger partial charge in [0.25, 0.3) is 5.91 Å². The van der Waals surface area contributed by atoms with Crippen molar-refractivity contribution in [2.24, 2.45) is 0 Å². The number of amides is 1. The molecule has 0 radical (unpaired) electrons. The molecule has 1 heterocycles. The number of anilines is 1. The van der Waals surface area contributed by atoms with Crippen molar-refractivity contribution >= 4 is 23.3 Å². The van der Waals surface area contributed by atoms with E-state index in [1.807, 2.05) is 13.0 Å². The van der Waals surface area contributed by atoms with Crippen molar-refractivity contribution in [1.82, 2.24) is 0 Å². The molecule has 8 nitrogen and oxygen atoms in total. The van der Waals surface area contributed by atoms with Crippen LogP contribution in [0, 0.1) is 6.92 Å². The maximum absolute atomic E-state index is 12.5. The van der Waals surface area contributed by atoms with Gasteiger partial charge in [0.05, 0.1) is 19.1 Å². The van der Waals surface area contributed by atoms with Gasteiger partial charge in [0.2, 0.25) is 0 Å². The Morgan fingerprint density at radius 3 is 2.52 bits per heavy atom. The highest BCUT2D eigenvalue weighted by molar-refractivity contribution is 6.00. The zero-order valence-corrected chi connectivity index (χ0v) is 17.7. The number of aryl methyl sites for hydroxylation is 1. The maximum Gasteiger partial charge on any atom is 0.307 e. The maximum atomic E-state index is 12.5. The largest absolute Gasteiger partial charge is 0.496 e. The van der Waals surface area contributed by atoms with Crippen LogP contribution in [0.25, 0.3) is 0 Å². The van der Waals surface area contributed by atoms with Crippen LogP contribution in [-0.2, 0) is 14.3 Å². The summed E-state index contributed by atoms with van der Waals surface area (Å²) in [4.78, 5) is 37.0. The Labute approximate surface area is 180 Å². The van der Waals surface area contributed by atoms with E-state index in [9.17, 15) is 14.4 Å². The third kappa shape index (κ3) is 5.75. The second-order valence-corrected chi connectivity index (χ2v) is 7.11. The lowest BCUT2D eigenvalue weighted by molar-refractivity contribution is -0.153. The number of carbonyl (C=O) groups is 3. The van der Waals surface area contributed by atoms with E-state index >= 15 is 0 Å². The number of methoxy groups -OCH3 is 1. The zero-order valence-electron chi connectivity index (χ0n) is 17.7. The predicted octanol–water partition coefficient (Wildman–Crippen LogP) is 3.31. The molecule has 164 valence electrons. The average Bonchev–Trinajstić information content (AvgIpc) is 2.77. The van der Waals surface area contributed by atoms with E-state index in [-0.39, 0.29) is 18.6 Å². The molecule has 1 unspecified atom stereocenters. The fourth-order valence-corrected chi connectivity index (χ4v) is 3.06. The van der Waals surface area contributed by atoms with E-state index in [0.717, 1.165) is 5.56 Å². The quantitative estimate of drug-likeness (QED) is 0.510. The van der Waals surface area contributed by atoms with Gasteiger partial charge in [-0.2, -0.15) is 0 Å². The minimum atomic E-state index is -1.02.